The van der Waals surface area contributed by atoms with Crippen LogP contribution in [0.15, 0.2) is 23.2 Å². The van der Waals surface area contributed by atoms with E-state index in [1.54, 1.807) is 12.1 Å². The van der Waals surface area contributed by atoms with Crippen LogP contribution in [0.5, 0.6) is 0 Å². The van der Waals surface area contributed by atoms with Gasteiger partial charge in [0.25, 0.3) is 0 Å². The highest BCUT2D eigenvalue weighted by molar-refractivity contribution is 14.0. The Balaban J connectivity index is 0.00000261. The summed E-state index contributed by atoms with van der Waals surface area (Å²) in [6, 6.07) is 5.55. The van der Waals surface area contributed by atoms with Gasteiger partial charge in [0.05, 0.1) is 0 Å². The minimum atomic E-state index is -0.211. The Labute approximate surface area is 184 Å². The van der Waals surface area contributed by atoms with E-state index in [4.69, 9.17) is 11.6 Å². The largest absolute Gasteiger partial charge is 0.354 e. The predicted molar refractivity (Wildman–Crippen MR) is 122 cm³/mol. The molecule has 2 N–H and O–H groups in total. The summed E-state index contributed by atoms with van der Waals surface area (Å²) in [6.07, 6.45) is 4.37. The average Bonchev–Trinajstić information content (AvgIpc) is 3.35. The topological polar surface area (TPSA) is 39.7 Å². The molecular formula is C20H31ClFIN4. The molecule has 2 fully saturated rings. The average molecular weight is 509 g/mol. The molecular weight excluding hydrogens is 478 g/mol. The van der Waals surface area contributed by atoms with E-state index in [1.165, 1.54) is 19.0 Å². The number of hydrogen-bond donors (Lipinski definition) is 2. The highest BCUT2D eigenvalue weighted by Crippen LogP contribution is 2.44. The zero-order chi connectivity index (χ0) is 18.5. The molecule has 1 heterocycles. The number of likely N-dealkylation sites (tertiary alicyclic amines) is 1. The molecule has 152 valence electrons. The first-order chi connectivity index (χ1) is 12.6. The van der Waals surface area contributed by atoms with Gasteiger partial charge in [-0.25, -0.2) is 4.39 Å². The van der Waals surface area contributed by atoms with Crippen molar-refractivity contribution < 1.29 is 4.39 Å². The molecule has 1 aromatic carbocycles. The summed E-state index contributed by atoms with van der Waals surface area (Å²) in [5.74, 6) is 0.761. The van der Waals surface area contributed by atoms with Gasteiger partial charge in [0.1, 0.15) is 5.82 Å². The Bertz CT molecular complexity index is 614. The van der Waals surface area contributed by atoms with E-state index in [9.17, 15) is 4.39 Å². The van der Waals surface area contributed by atoms with Crippen molar-refractivity contribution in [2.45, 2.75) is 57.5 Å². The van der Waals surface area contributed by atoms with Gasteiger partial charge in [0.15, 0.2) is 5.96 Å². The molecule has 3 rings (SSSR count). The lowest BCUT2D eigenvalue weighted by molar-refractivity contribution is 0.206. The molecule has 7 heteroatoms. The lowest BCUT2D eigenvalue weighted by Gasteiger charge is -2.33. The Kier molecular flexibility index (Phi) is 9.08. The van der Waals surface area contributed by atoms with Crippen LogP contribution in [-0.2, 0) is 0 Å². The summed E-state index contributed by atoms with van der Waals surface area (Å²) in [5, 5.41) is 7.57. The second-order valence-corrected chi connectivity index (χ2v) is 7.72. The van der Waals surface area contributed by atoms with Crippen LogP contribution in [-0.4, -0.2) is 49.1 Å². The molecule has 2 unspecified atom stereocenters. The molecule has 0 spiro atoms. The maximum atomic E-state index is 14.1. The zero-order valence-electron chi connectivity index (χ0n) is 16.2. The van der Waals surface area contributed by atoms with Gasteiger partial charge >= 0.3 is 0 Å². The second kappa shape index (κ2) is 10.8. The molecule has 1 aliphatic heterocycles. The third kappa shape index (κ3) is 6.19. The van der Waals surface area contributed by atoms with Gasteiger partial charge in [0.2, 0.25) is 0 Å². The number of hydrogen-bond acceptors (Lipinski definition) is 2. The Morgan fingerprint density at radius 1 is 1.26 bits per heavy atom. The molecule has 0 radical (unpaired) electrons. The first-order valence-corrected chi connectivity index (χ1v) is 10.2. The fourth-order valence-electron chi connectivity index (χ4n) is 3.82. The van der Waals surface area contributed by atoms with E-state index in [0.717, 1.165) is 44.9 Å². The van der Waals surface area contributed by atoms with Crippen LogP contribution in [0.3, 0.4) is 0 Å². The Hall–Kier alpha value is -0.600. The summed E-state index contributed by atoms with van der Waals surface area (Å²) in [4.78, 5) is 7.11. The van der Waals surface area contributed by atoms with Gasteiger partial charge in [0, 0.05) is 48.2 Å². The fourth-order valence-corrected chi connectivity index (χ4v) is 4.12. The van der Waals surface area contributed by atoms with E-state index in [0.29, 0.717) is 16.6 Å². The number of aliphatic imine (C=N–C) groups is 1. The molecule has 1 saturated carbocycles. The summed E-state index contributed by atoms with van der Waals surface area (Å²) < 4.78 is 14.1. The zero-order valence-corrected chi connectivity index (χ0v) is 19.3. The van der Waals surface area contributed by atoms with E-state index in [2.05, 4.69) is 27.4 Å². The molecule has 2 atom stereocenters. The van der Waals surface area contributed by atoms with Gasteiger partial charge in [-0.1, -0.05) is 24.6 Å². The monoisotopic (exact) mass is 508 g/mol. The van der Waals surface area contributed by atoms with Crippen LogP contribution in [0.4, 0.5) is 4.39 Å². The van der Waals surface area contributed by atoms with Crippen molar-refractivity contribution in [2.75, 3.05) is 26.2 Å². The lowest BCUT2D eigenvalue weighted by Crippen LogP contribution is -2.49. The molecule has 1 aliphatic carbocycles. The van der Waals surface area contributed by atoms with Crippen molar-refractivity contribution in [2.24, 2.45) is 4.99 Å². The summed E-state index contributed by atoms with van der Waals surface area (Å²) in [7, 11) is 0. The predicted octanol–water partition coefficient (Wildman–Crippen LogP) is 4.38. The van der Waals surface area contributed by atoms with Crippen LogP contribution in [0.25, 0.3) is 0 Å². The Morgan fingerprint density at radius 2 is 2.00 bits per heavy atom. The van der Waals surface area contributed by atoms with E-state index in [1.807, 2.05) is 6.92 Å². The second-order valence-electron chi connectivity index (χ2n) is 7.31. The van der Waals surface area contributed by atoms with Gasteiger partial charge in [-0.05, 0) is 51.3 Å². The first kappa shape index (κ1) is 22.7. The molecule has 1 saturated heterocycles. The quantitative estimate of drug-likeness (QED) is 0.340. The van der Waals surface area contributed by atoms with E-state index >= 15 is 0 Å². The number of nitrogens with one attached hydrogen (secondary N) is 2. The third-order valence-electron chi connectivity index (χ3n) is 5.27. The Morgan fingerprint density at radius 3 is 2.63 bits per heavy atom. The van der Waals surface area contributed by atoms with Crippen LogP contribution < -0.4 is 10.6 Å². The number of guanidine groups is 1. The van der Waals surface area contributed by atoms with E-state index < -0.39 is 0 Å². The summed E-state index contributed by atoms with van der Waals surface area (Å²) in [6.45, 7) is 8.46. The maximum Gasteiger partial charge on any atom is 0.191 e. The minimum Gasteiger partial charge on any atom is -0.354 e. The third-order valence-corrected chi connectivity index (χ3v) is 5.60. The smallest absolute Gasteiger partial charge is 0.191 e. The molecule has 0 amide bonds. The molecule has 0 bridgehead atoms. The van der Waals surface area contributed by atoms with Gasteiger partial charge in [-0.3, -0.25) is 4.99 Å². The van der Waals surface area contributed by atoms with Crippen molar-refractivity contribution in [3.63, 3.8) is 0 Å². The van der Waals surface area contributed by atoms with Gasteiger partial charge < -0.3 is 15.5 Å². The van der Waals surface area contributed by atoms with Crippen LogP contribution >= 0.6 is 35.6 Å². The lowest BCUT2D eigenvalue weighted by atomic mass is 10.1. The van der Waals surface area contributed by atoms with Crippen LogP contribution in [0.1, 0.15) is 51.0 Å². The standard InChI is InChI=1S/C20H30ClFN4.HI/c1-3-10-26-11-8-14(9-12-26)24-20(23-4-2)25-18-13-15(18)19-16(21)6-5-7-17(19)22;/h5-7,14-15,18H,3-4,8-13H2,1-2H3,(H2,23,24,25);1H. The number of piperidine rings is 1. The molecule has 2 aliphatic rings. The maximum absolute atomic E-state index is 14.1. The molecule has 27 heavy (non-hydrogen) atoms. The summed E-state index contributed by atoms with van der Waals surface area (Å²) >= 11 is 6.20. The van der Waals surface area contributed by atoms with Gasteiger partial charge in [-0.15, -0.1) is 24.0 Å². The van der Waals surface area contributed by atoms with Crippen molar-refractivity contribution in [3.8, 4) is 0 Å². The molecule has 4 nitrogen and oxygen atoms in total. The van der Waals surface area contributed by atoms with Crippen LogP contribution in [0, 0.1) is 5.82 Å². The van der Waals surface area contributed by atoms with Crippen molar-refractivity contribution in [1.29, 1.82) is 0 Å². The van der Waals surface area contributed by atoms with Crippen molar-refractivity contribution in [1.82, 2.24) is 15.5 Å². The van der Waals surface area contributed by atoms with Gasteiger partial charge in [-0.2, -0.15) is 0 Å². The number of nitrogens with zero attached hydrogens (tertiary/aromatic N) is 2. The van der Waals surface area contributed by atoms with Crippen molar-refractivity contribution >= 4 is 41.5 Å². The first-order valence-electron chi connectivity index (χ1n) is 9.86. The number of rotatable bonds is 6. The SMILES string of the molecule is CCCN1CCC(NC(=NCC)NC2CC2c2c(F)cccc2Cl)CC1.I. The van der Waals surface area contributed by atoms with Crippen LogP contribution in [0.2, 0.25) is 5.02 Å². The summed E-state index contributed by atoms with van der Waals surface area (Å²) in [5.41, 5.74) is 0.635. The number of benzene rings is 1. The minimum absolute atomic E-state index is 0. The molecule has 0 aromatic heterocycles. The van der Waals surface area contributed by atoms with E-state index in [-0.39, 0.29) is 41.8 Å². The normalized spacial score (nSPS) is 23.6. The fraction of sp³-hybridized carbons (Fsp3) is 0.650. The molecule has 1 aromatic rings. The number of halogens is 3. The highest BCUT2D eigenvalue weighted by Gasteiger charge is 2.42. The highest BCUT2D eigenvalue weighted by atomic mass is 127. The van der Waals surface area contributed by atoms with Crippen molar-refractivity contribution in [3.05, 3.63) is 34.6 Å².